The minimum atomic E-state index is 0.693. The molecule has 2 heteroatoms. The third kappa shape index (κ3) is 3.18. The third-order valence-electron chi connectivity index (χ3n) is 1.69. The van der Waals surface area contributed by atoms with E-state index in [9.17, 15) is 0 Å². The zero-order valence-electron chi connectivity index (χ0n) is 7.59. The lowest BCUT2D eigenvalue weighted by Gasteiger charge is -1.94. The summed E-state index contributed by atoms with van der Waals surface area (Å²) >= 11 is 0. The first-order valence-electron chi connectivity index (χ1n) is 4.38. The number of benzene rings is 1. The highest BCUT2D eigenvalue weighted by Gasteiger charge is 1.90. The van der Waals surface area contributed by atoms with Crippen molar-refractivity contribution < 1.29 is 0 Å². The Hall–Kier alpha value is -1.46. The molecule has 13 heavy (non-hydrogen) atoms. The lowest BCUT2D eigenvalue weighted by atomic mass is 10.2. The number of rotatable bonds is 2. The van der Waals surface area contributed by atoms with Crippen molar-refractivity contribution in [3.05, 3.63) is 29.8 Å². The summed E-state index contributed by atoms with van der Waals surface area (Å²) in [6.07, 6.45) is 1.78. The van der Waals surface area contributed by atoms with Gasteiger partial charge in [0.1, 0.15) is 0 Å². The monoisotopic (exact) mass is 174 g/mol. The van der Waals surface area contributed by atoms with Gasteiger partial charge in [-0.2, -0.15) is 0 Å². The molecule has 0 aliphatic carbocycles. The largest absolute Gasteiger partial charge is 0.398 e. The predicted molar refractivity (Wildman–Crippen MR) is 56.0 cm³/mol. The van der Waals surface area contributed by atoms with E-state index < -0.39 is 0 Å². The Morgan fingerprint density at radius 2 is 2.00 bits per heavy atom. The van der Waals surface area contributed by atoms with E-state index in [2.05, 4.69) is 11.8 Å². The molecule has 0 radical (unpaired) electrons. The van der Waals surface area contributed by atoms with E-state index >= 15 is 0 Å². The standard InChI is InChI=1S/C11H14N2/c12-9-5-1-2-6-10-7-3-4-8-11(10)13/h3-4,7-8H,1,5,9,12-13H2. The summed E-state index contributed by atoms with van der Waals surface area (Å²) in [5, 5.41) is 0. The van der Waals surface area contributed by atoms with Gasteiger partial charge in [-0.25, -0.2) is 0 Å². The summed E-state index contributed by atoms with van der Waals surface area (Å²) in [4.78, 5) is 0. The van der Waals surface area contributed by atoms with Gasteiger partial charge < -0.3 is 11.5 Å². The van der Waals surface area contributed by atoms with E-state index in [1.54, 1.807) is 0 Å². The first kappa shape index (κ1) is 9.63. The maximum atomic E-state index is 5.71. The average Bonchev–Trinajstić information content (AvgIpc) is 2.15. The van der Waals surface area contributed by atoms with Gasteiger partial charge in [0.25, 0.3) is 0 Å². The van der Waals surface area contributed by atoms with Crippen LogP contribution in [0.5, 0.6) is 0 Å². The van der Waals surface area contributed by atoms with E-state index in [-0.39, 0.29) is 0 Å². The van der Waals surface area contributed by atoms with Crippen molar-refractivity contribution in [3.63, 3.8) is 0 Å². The van der Waals surface area contributed by atoms with Crippen LogP contribution in [-0.4, -0.2) is 6.54 Å². The summed E-state index contributed by atoms with van der Waals surface area (Å²) in [7, 11) is 0. The maximum Gasteiger partial charge on any atom is 0.0474 e. The molecule has 0 unspecified atom stereocenters. The fourth-order valence-electron chi connectivity index (χ4n) is 0.959. The molecule has 1 aromatic carbocycles. The van der Waals surface area contributed by atoms with Gasteiger partial charge in [-0.15, -0.1) is 0 Å². The minimum Gasteiger partial charge on any atom is -0.398 e. The molecule has 0 aliphatic heterocycles. The first-order valence-corrected chi connectivity index (χ1v) is 4.38. The molecule has 0 aliphatic rings. The molecule has 0 spiro atoms. The molecule has 68 valence electrons. The predicted octanol–water partition coefficient (Wildman–Crippen LogP) is 1.36. The second-order valence-electron chi connectivity index (χ2n) is 2.78. The number of nitrogens with two attached hydrogens (primary N) is 2. The molecule has 0 heterocycles. The molecule has 0 bridgehead atoms. The fraction of sp³-hybridized carbons (Fsp3) is 0.273. The van der Waals surface area contributed by atoms with E-state index in [1.807, 2.05) is 24.3 Å². The second-order valence-corrected chi connectivity index (χ2v) is 2.78. The molecule has 2 nitrogen and oxygen atoms in total. The van der Waals surface area contributed by atoms with Crippen LogP contribution in [0, 0.1) is 11.8 Å². The quantitative estimate of drug-likeness (QED) is 0.404. The van der Waals surface area contributed by atoms with E-state index in [0.717, 1.165) is 24.1 Å². The van der Waals surface area contributed by atoms with Gasteiger partial charge in [0.2, 0.25) is 0 Å². The number of hydrogen-bond donors (Lipinski definition) is 2. The maximum absolute atomic E-state index is 5.71. The first-order chi connectivity index (χ1) is 6.34. The lowest BCUT2D eigenvalue weighted by Crippen LogP contribution is -1.96. The average molecular weight is 174 g/mol. The third-order valence-corrected chi connectivity index (χ3v) is 1.69. The summed E-state index contributed by atoms with van der Waals surface area (Å²) in [6, 6.07) is 7.61. The highest BCUT2D eigenvalue weighted by molar-refractivity contribution is 5.55. The van der Waals surface area contributed by atoms with E-state index in [4.69, 9.17) is 11.5 Å². The van der Waals surface area contributed by atoms with Crippen LogP contribution in [0.2, 0.25) is 0 Å². The SMILES string of the molecule is NCCCC#Cc1ccccc1N. The van der Waals surface area contributed by atoms with Gasteiger partial charge in [-0.05, 0) is 25.1 Å². The Bertz CT molecular complexity index is 320. The van der Waals surface area contributed by atoms with Gasteiger partial charge in [-0.3, -0.25) is 0 Å². The molecule has 0 fully saturated rings. The highest BCUT2D eigenvalue weighted by Crippen LogP contribution is 2.07. The summed E-state index contributed by atoms with van der Waals surface area (Å²) in [5.41, 5.74) is 12.7. The molecular formula is C11H14N2. The topological polar surface area (TPSA) is 52.0 Å². The summed E-state index contributed by atoms with van der Waals surface area (Å²) < 4.78 is 0. The lowest BCUT2D eigenvalue weighted by molar-refractivity contribution is 0.870. The summed E-state index contributed by atoms with van der Waals surface area (Å²) in [6.45, 7) is 0.693. The van der Waals surface area contributed by atoms with Crippen molar-refractivity contribution in [1.82, 2.24) is 0 Å². The number of nitrogen functional groups attached to an aromatic ring is 1. The molecule has 4 N–H and O–H groups in total. The zero-order valence-corrected chi connectivity index (χ0v) is 7.59. The molecule has 0 saturated carbocycles. The molecular weight excluding hydrogens is 160 g/mol. The Kier molecular flexibility index (Phi) is 3.87. The van der Waals surface area contributed by atoms with Crippen LogP contribution in [0.1, 0.15) is 18.4 Å². The van der Waals surface area contributed by atoms with Crippen molar-refractivity contribution in [2.45, 2.75) is 12.8 Å². The molecule has 1 aromatic rings. The van der Waals surface area contributed by atoms with Gasteiger partial charge in [0.15, 0.2) is 0 Å². The smallest absolute Gasteiger partial charge is 0.0474 e. The van der Waals surface area contributed by atoms with Crippen LogP contribution >= 0.6 is 0 Å². The number of unbranched alkanes of at least 4 members (excludes halogenated alkanes) is 1. The second kappa shape index (κ2) is 5.23. The van der Waals surface area contributed by atoms with Crippen molar-refractivity contribution >= 4 is 5.69 Å². The van der Waals surface area contributed by atoms with Crippen LogP contribution in [0.3, 0.4) is 0 Å². The fourth-order valence-corrected chi connectivity index (χ4v) is 0.959. The number of hydrogen-bond acceptors (Lipinski definition) is 2. The van der Waals surface area contributed by atoms with Crippen LogP contribution in [0.4, 0.5) is 5.69 Å². The van der Waals surface area contributed by atoms with E-state index in [0.29, 0.717) is 6.54 Å². The van der Waals surface area contributed by atoms with Gasteiger partial charge in [0, 0.05) is 17.7 Å². The van der Waals surface area contributed by atoms with Crippen molar-refractivity contribution in [2.24, 2.45) is 5.73 Å². The Labute approximate surface area is 78.9 Å². The van der Waals surface area contributed by atoms with Crippen molar-refractivity contribution in [3.8, 4) is 11.8 Å². The Morgan fingerprint density at radius 1 is 1.23 bits per heavy atom. The zero-order chi connectivity index (χ0) is 9.52. The Balaban J connectivity index is 2.61. The van der Waals surface area contributed by atoms with Crippen LogP contribution in [-0.2, 0) is 0 Å². The van der Waals surface area contributed by atoms with Crippen LogP contribution in [0.25, 0.3) is 0 Å². The molecule has 0 atom stereocenters. The molecule has 1 rings (SSSR count). The highest BCUT2D eigenvalue weighted by atomic mass is 14.5. The van der Waals surface area contributed by atoms with Gasteiger partial charge in [-0.1, -0.05) is 24.0 Å². The molecule has 0 saturated heterocycles. The molecule has 0 amide bonds. The van der Waals surface area contributed by atoms with Crippen molar-refractivity contribution in [1.29, 1.82) is 0 Å². The van der Waals surface area contributed by atoms with Gasteiger partial charge in [0.05, 0.1) is 0 Å². The Morgan fingerprint density at radius 3 is 2.69 bits per heavy atom. The molecule has 0 aromatic heterocycles. The van der Waals surface area contributed by atoms with Crippen LogP contribution in [0.15, 0.2) is 24.3 Å². The van der Waals surface area contributed by atoms with Crippen LogP contribution < -0.4 is 11.5 Å². The minimum absolute atomic E-state index is 0.693. The van der Waals surface area contributed by atoms with Crippen molar-refractivity contribution in [2.75, 3.05) is 12.3 Å². The van der Waals surface area contributed by atoms with Gasteiger partial charge >= 0.3 is 0 Å². The number of para-hydroxylation sites is 1. The number of anilines is 1. The normalized spacial score (nSPS) is 9.00. The summed E-state index contributed by atoms with van der Waals surface area (Å²) in [5.74, 6) is 6.05. The van der Waals surface area contributed by atoms with E-state index in [1.165, 1.54) is 0 Å².